The number of hydrogen-bond donors (Lipinski definition) is 1. The number of ether oxygens (including phenoxy) is 1. The van der Waals surface area contributed by atoms with Crippen LogP contribution in [0.5, 0.6) is 5.88 Å². The fourth-order valence-electron chi connectivity index (χ4n) is 1.13. The van der Waals surface area contributed by atoms with E-state index in [0.717, 1.165) is 6.07 Å². The second kappa shape index (κ2) is 5.50. The molecule has 0 bridgehead atoms. The van der Waals surface area contributed by atoms with E-state index in [1.807, 2.05) is 28.7 Å². The summed E-state index contributed by atoms with van der Waals surface area (Å²) in [6.07, 6.45) is -4.84. The lowest BCUT2D eigenvalue weighted by Crippen LogP contribution is -2.19. The van der Waals surface area contributed by atoms with Gasteiger partial charge >= 0.3 is 6.36 Å². The number of pyridine rings is 1. The van der Waals surface area contributed by atoms with Crippen molar-refractivity contribution >= 4 is 22.6 Å². The number of halogens is 4. The first-order chi connectivity index (χ1) is 7.87. The number of hydrogen-bond acceptors (Lipinski definition) is 4. The predicted molar refractivity (Wildman–Crippen MR) is 60.8 cm³/mol. The molecular weight excluding hydrogens is 350 g/mol. The molecule has 1 aromatic heterocycles. The Balaban J connectivity index is 3.16. The minimum atomic E-state index is -4.81. The number of nitriles is 1. The highest BCUT2D eigenvalue weighted by atomic mass is 127. The Morgan fingerprint density at radius 2 is 2.18 bits per heavy atom. The van der Waals surface area contributed by atoms with Crippen molar-refractivity contribution in [3.63, 3.8) is 0 Å². The van der Waals surface area contributed by atoms with Crippen molar-refractivity contribution in [2.24, 2.45) is 5.73 Å². The molecule has 1 rings (SSSR count). The van der Waals surface area contributed by atoms with Crippen molar-refractivity contribution < 1.29 is 17.9 Å². The fraction of sp³-hybridized carbons (Fsp3) is 0.333. The maximum Gasteiger partial charge on any atom is 0.574 e. The molecule has 8 heteroatoms. The first-order valence-corrected chi connectivity index (χ1v) is 5.46. The van der Waals surface area contributed by atoms with Crippen LogP contribution in [0.3, 0.4) is 0 Å². The van der Waals surface area contributed by atoms with Crippen LogP contribution in [-0.2, 0) is 13.0 Å². The first kappa shape index (κ1) is 14.0. The van der Waals surface area contributed by atoms with Crippen LogP contribution in [0.4, 0.5) is 13.2 Å². The van der Waals surface area contributed by atoms with Crippen molar-refractivity contribution in [3.05, 3.63) is 20.9 Å². The molecule has 0 aliphatic heterocycles. The minimum absolute atomic E-state index is 0.0221. The zero-order valence-electron chi connectivity index (χ0n) is 8.38. The summed E-state index contributed by atoms with van der Waals surface area (Å²) in [7, 11) is 0. The van der Waals surface area contributed by atoms with Gasteiger partial charge in [0.1, 0.15) is 0 Å². The second-order valence-corrected chi connectivity index (χ2v) is 4.05. The van der Waals surface area contributed by atoms with Crippen LogP contribution in [-0.4, -0.2) is 11.3 Å². The molecule has 0 spiro atoms. The summed E-state index contributed by atoms with van der Waals surface area (Å²) < 4.78 is 40.4. The summed E-state index contributed by atoms with van der Waals surface area (Å²) in [5, 5.41) is 8.56. The maximum absolute atomic E-state index is 12.0. The van der Waals surface area contributed by atoms with Gasteiger partial charge < -0.3 is 10.5 Å². The van der Waals surface area contributed by atoms with Gasteiger partial charge in [-0.1, -0.05) is 0 Å². The highest BCUT2D eigenvalue weighted by Crippen LogP contribution is 2.25. The van der Waals surface area contributed by atoms with Crippen molar-refractivity contribution in [2.75, 3.05) is 0 Å². The molecule has 0 aliphatic carbocycles. The molecule has 0 unspecified atom stereocenters. The van der Waals surface area contributed by atoms with Gasteiger partial charge in [-0.2, -0.15) is 5.26 Å². The van der Waals surface area contributed by atoms with Gasteiger partial charge in [0.15, 0.2) is 0 Å². The molecule has 0 saturated heterocycles. The molecule has 0 atom stereocenters. The van der Waals surface area contributed by atoms with Gasteiger partial charge in [0, 0.05) is 16.2 Å². The van der Waals surface area contributed by atoms with Crippen molar-refractivity contribution in [1.82, 2.24) is 4.98 Å². The highest BCUT2D eigenvalue weighted by Gasteiger charge is 2.32. The molecule has 0 aliphatic rings. The zero-order valence-corrected chi connectivity index (χ0v) is 10.5. The molecule has 0 aromatic carbocycles. The van der Waals surface area contributed by atoms with Gasteiger partial charge in [-0.15, -0.1) is 13.2 Å². The number of rotatable bonds is 3. The lowest BCUT2D eigenvalue weighted by Gasteiger charge is -2.12. The quantitative estimate of drug-likeness (QED) is 0.842. The molecule has 1 heterocycles. The van der Waals surface area contributed by atoms with Crippen LogP contribution in [0.1, 0.15) is 11.3 Å². The van der Waals surface area contributed by atoms with E-state index in [-0.39, 0.29) is 18.7 Å². The highest BCUT2D eigenvalue weighted by molar-refractivity contribution is 14.1. The molecular formula is C9H7F3IN3O. The number of aromatic nitrogens is 1. The number of alkyl halides is 3. The third-order valence-corrected chi connectivity index (χ3v) is 3.08. The minimum Gasteiger partial charge on any atom is -0.388 e. The molecule has 0 amide bonds. The van der Waals surface area contributed by atoms with Crippen LogP contribution in [0, 0.1) is 14.9 Å². The van der Waals surface area contributed by atoms with E-state index < -0.39 is 12.2 Å². The topological polar surface area (TPSA) is 71.9 Å². The fourth-order valence-corrected chi connectivity index (χ4v) is 1.82. The second-order valence-electron chi connectivity index (χ2n) is 2.97. The molecule has 17 heavy (non-hydrogen) atoms. The van der Waals surface area contributed by atoms with Gasteiger partial charge in [-0.25, -0.2) is 4.98 Å². The van der Waals surface area contributed by atoms with E-state index in [4.69, 9.17) is 11.0 Å². The summed E-state index contributed by atoms with van der Waals surface area (Å²) in [6.45, 7) is -0.0221. The van der Waals surface area contributed by atoms with Crippen molar-refractivity contribution in [3.8, 4) is 11.9 Å². The Hall–Kier alpha value is -1.08. The largest absolute Gasteiger partial charge is 0.574 e. The lowest BCUT2D eigenvalue weighted by molar-refractivity contribution is -0.276. The third kappa shape index (κ3) is 4.01. The Bertz CT molecular complexity index is 456. The number of nitrogens with two attached hydrogens (primary N) is 1. The van der Waals surface area contributed by atoms with E-state index in [9.17, 15) is 13.2 Å². The Morgan fingerprint density at radius 3 is 2.65 bits per heavy atom. The SMILES string of the molecule is N#CCc1cc(OC(F)(F)F)nc(CN)c1I. The summed E-state index contributed by atoms with van der Waals surface area (Å²) in [4.78, 5) is 3.63. The Morgan fingerprint density at radius 1 is 1.53 bits per heavy atom. The average molecular weight is 357 g/mol. The van der Waals surface area contributed by atoms with E-state index in [1.165, 1.54) is 0 Å². The van der Waals surface area contributed by atoms with Gasteiger partial charge in [-0.05, 0) is 28.2 Å². The van der Waals surface area contributed by atoms with Gasteiger partial charge in [-0.3, -0.25) is 0 Å². The maximum atomic E-state index is 12.0. The third-order valence-electron chi connectivity index (χ3n) is 1.76. The average Bonchev–Trinajstić information content (AvgIpc) is 2.20. The smallest absolute Gasteiger partial charge is 0.388 e. The first-order valence-electron chi connectivity index (χ1n) is 4.38. The summed E-state index contributed by atoms with van der Waals surface area (Å²) in [5.74, 6) is -0.594. The van der Waals surface area contributed by atoms with Gasteiger partial charge in [0.05, 0.1) is 18.2 Å². The van der Waals surface area contributed by atoms with Crippen LogP contribution < -0.4 is 10.5 Å². The number of nitrogens with zero attached hydrogens (tertiary/aromatic N) is 2. The normalized spacial score (nSPS) is 11.1. The van der Waals surface area contributed by atoms with E-state index >= 15 is 0 Å². The van der Waals surface area contributed by atoms with Crippen molar-refractivity contribution in [2.45, 2.75) is 19.3 Å². The summed E-state index contributed by atoms with van der Waals surface area (Å²) in [6, 6.07) is 2.95. The summed E-state index contributed by atoms with van der Waals surface area (Å²) >= 11 is 1.89. The molecule has 0 fully saturated rings. The molecule has 0 saturated carbocycles. The molecule has 92 valence electrons. The summed E-state index contributed by atoms with van der Waals surface area (Å²) in [5.41, 5.74) is 6.06. The van der Waals surface area contributed by atoms with E-state index in [1.54, 1.807) is 0 Å². The monoisotopic (exact) mass is 357 g/mol. The molecule has 2 N–H and O–H groups in total. The van der Waals surface area contributed by atoms with Crippen LogP contribution in [0.25, 0.3) is 0 Å². The zero-order chi connectivity index (χ0) is 13.1. The van der Waals surface area contributed by atoms with E-state index in [2.05, 4.69) is 9.72 Å². The van der Waals surface area contributed by atoms with Gasteiger partial charge in [0.2, 0.25) is 5.88 Å². The Labute approximate surface area is 109 Å². The predicted octanol–water partition coefficient (Wildman–Crippen LogP) is 2.11. The van der Waals surface area contributed by atoms with Gasteiger partial charge in [0.25, 0.3) is 0 Å². The van der Waals surface area contributed by atoms with Crippen LogP contribution in [0.15, 0.2) is 6.07 Å². The van der Waals surface area contributed by atoms with Crippen LogP contribution in [0.2, 0.25) is 0 Å². The molecule has 1 aromatic rings. The van der Waals surface area contributed by atoms with E-state index in [0.29, 0.717) is 9.13 Å². The molecule has 4 nitrogen and oxygen atoms in total. The van der Waals surface area contributed by atoms with Crippen molar-refractivity contribution in [1.29, 1.82) is 5.26 Å². The Kier molecular flexibility index (Phi) is 4.53. The lowest BCUT2D eigenvalue weighted by atomic mass is 10.2. The van der Waals surface area contributed by atoms with Crippen LogP contribution >= 0.6 is 22.6 Å². The molecule has 0 radical (unpaired) electrons. The standard InChI is InChI=1S/C9H7F3IN3O/c10-9(11,12)17-7-3-5(1-2-14)8(13)6(4-15)16-7/h3H,1,4,15H2.